The molecule has 0 saturated heterocycles. The molecule has 0 bridgehead atoms. The van der Waals surface area contributed by atoms with E-state index in [9.17, 15) is 4.79 Å². The fourth-order valence-corrected chi connectivity index (χ4v) is 1.10. The molecule has 2 aromatic rings. The molecule has 0 amide bonds. The molecular weight excluding hydrogens is 270 g/mol. The zero-order valence-electron chi connectivity index (χ0n) is 15.3. The molecule has 0 aliphatic heterocycles. The molecule has 0 spiro atoms. The Kier molecular flexibility index (Phi) is 24.0. The molecular formula is C20H33NO. The van der Waals surface area contributed by atoms with E-state index in [2.05, 4.69) is 0 Å². The number of nitrogens with two attached hydrogens (primary N) is 1. The van der Waals surface area contributed by atoms with Crippen molar-refractivity contribution in [2.75, 3.05) is 5.73 Å². The summed E-state index contributed by atoms with van der Waals surface area (Å²) in [6.07, 6.45) is 0.833. The van der Waals surface area contributed by atoms with Crippen molar-refractivity contribution in [3.8, 4) is 0 Å². The summed E-state index contributed by atoms with van der Waals surface area (Å²) >= 11 is 0. The van der Waals surface area contributed by atoms with Crippen LogP contribution in [0.2, 0.25) is 0 Å². The predicted octanol–water partition coefficient (Wildman–Crippen LogP) is 6.15. The van der Waals surface area contributed by atoms with Crippen molar-refractivity contribution in [3.63, 3.8) is 0 Å². The quantitative estimate of drug-likeness (QED) is 0.506. The van der Waals surface area contributed by atoms with Crippen LogP contribution in [0.4, 0.5) is 5.69 Å². The molecule has 0 radical (unpaired) electrons. The highest BCUT2D eigenvalue weighted by molar-refractivity contribution is 5.74. The first-order valence-corrected chi connectivity index (χ1v) is 8.05. The molecule has 0 unspecified atom stereocenters. The van der Waals surface area contributed by atoms with Crippen LogP contribution in [0.25, 0.3) is 0 Å². The fraction of sp³-hybridized carbons (Fsp3) is 0.350. The number of benzene rings is 2. The van der Waals surface area contributed by atoms with E-state index in [0.717, 1.165) is 17.5 Å². The number of hydrogen-bond acceptors (Lipinski definition) is 2. The maximum Gasteiger partial charge on any atom is 0.150 e. The van der Waals surface area contributed by atoms with Gasteiger partial charge in [-0.15, -0.1) is 0 Å². The van der Waals surface area contributed by atoms with Crippen LogP contribution >= 0.6 is 0 Å². The van der Waals surface area contributed by atoms with Gasteiger partial charge in [0.15, 0.2) is 0 Å². The molecule has 2 aromatic carbocycles. The molecule has 2 N–H and O–H groups in total. The summed E-state index contributed by atoms with van der Waals surface area (Å²) in [5, 5.41) is 0. The summed E-state index contributed by atoms with van der Waals surface area (Å²) in [4.78, 5) is 10.0. The van der Waals surface area contributed by atoms with Crippen LogP contribution < -0.4 is 5.73 Å². The predicted molar refractivity (Wildman–Crippen MR) is 101 cm³/mol. The van der Waals surface area contributed by atoms with Crippen LogP contribution in [-0.2, 0) is 0 Å². The minimum atomic E-state index is 0.729. The lowest BCUT2D eigenvalue weighted by Gasteiger charge is -1.90. The number of aldehydes is 1. The first-order chi connectivity index (χ1) is 10.7. The van der Waals surface area contributed by atoms with Gasteiger partial charge in [-0.2, -0.15) is 0 Å². The fourth-order valence-electron chi connectivity index (χ4n) is 1.10. The molecule has 22 heavy (non-hydrogen) atoms. The Labute approximate surface area is 137 Å². The molecule has 2 heteroatoms. The van der Waals surface area contributed by atoms with Crippen molar-refractivity contribution in [1.29, 1.82) is 0 Å². The number of anilines is 1. The average Bonchev–Trinajstić information content (AvgIpc) is 2.64. The molecule has 2 rings (SSSR count). The second-order valence-electron chi connectivity index (χ2n) is 3.44. The maximum absolute atomic E-state index is 10.0. The Morgan fingerprint density at radius 1 is 0.727 bits per heavy atom. The molecule has 0 fully saturated rings. The van der Waals surface area contributed by atoms with Gasteiger partial charge in [0.2, 0.25) is 0 Å². The van der Waals surface area contributed by atoms with Gasteiger partial charge in [-0.25, -0.2) is 0 Å². The van der Waals surface area contributed by atoms with Crippen LogP contribution in [0.3, 0.4) is 0 Å². The van der Waals surface area contributed by atoms with Crippen molar-refractivity contribution in [2.24, 2.45) is 0 Å². The third-order valence-electron chi connectivity index (χ3n) is 2.01. The molecule has 0 aliphatic carbocycles. The highest BCUT2D eigenvalue weighted by atomic mass is 16.1. The topological polar surface area (TPSA) is 43.1 Å². The first-order valence-electron chi connectivity index (χ1n) is 8.05. The van der Waals surface area contributed by atoms with Crippen molar-refractivity contribution < 1.29 is 4.79 Å². The first kappa shape index (κ1) is 24.9. The Balaban J connectivity index is -0.000000246. The van der Waals surface area contributed by atoms with Gasteiger partial charge in [0, 0.05) is 11.3 Å². The summed E-state index contributed by atoms with van der Waals surface area (Å²) in [6, 6.07) is 16.9. The monoisotopic (exact) mass is 303 g/mol. The molecule has 0 atom stereocenters. The van der Waals surface area contributed by atoms with Crippen LogP contribution in [0.1, 0.15) is 57.5 Å². The SMILES string of the molecule is CC.CC.CC.Cc1ccc(N)cc1.O=Cc1ccccc1. The lowest BCUT2D eigenvalue weighted by molar-refractivity contribution is 0.112. The van der Waals surface area contributed by atoms with Crippen molar-refractivity contribution in [1.82, 2.24) is 0 Å². The highest BCUT2D eigenvalue weighted by Crippen LogP contribution is 2.02. The highest BCUT2D eigenvalue weighted by Gasteiger charge is 1.80. The minimum Gasteiger partial charge on any atom is -0.399 e. The Morgan fingerprint density at radius 3 is 1.41 bits per heavy atom. The summed E-state index contributed by atoms with van der Waals surface area (Å²) < 4.78 is 0. The molecule has 124 valence electrons. The molecule has 0 saturated carbocycles. The van der Waals surface area contributed by atoms with Crippen molar-refractivity contribution in [3.05, 3.63) is 65.7 Å². The van der Waals surface area contributed by atoms with Crippen molar-refractivity contribution in [2.45, 2.75) is 48.5 Å². The largest absolute Gasteiger partial charge is 0.399 e. The van der Waals surface area contributed by atoms with Crippen LogP contribution in [0.5, 0.6) is 0 Å². The number of nitrogen functional groups attached to an aromatic ring is 1. The second kappa shape index (κ2) is 21.2. The van der Waals surface area contributed by atoms with Crippen LogP contribution in [0, 0.1) is 6.92 Å². The minimum absolute atomic E-state index is 0.729. The van der Waals surface area contributed by atoms with Gasteiger partial charge < -0.3 is 5.73 Å². The van der Waals surface area contributed by atoms with Crippen LogP contribution in [0.15, 0.2) is 54.6 Å². The van der Waals surface area contributed by atoms with E-state index in [1.807, 2.05) is 90.9 Å². The third kappa shape index (κ3) is 16.0. The molecule has 0 aliphatic rings. The average molecular weight is 303 g/mol. The van der Waals surface area contributed by atoms with Gasteiger partial charge in [0.1, 0.15) is 6.29 Å². The molecule has 0 heterocycles. The summed E-state index contributed by atoms with van der Waals surface area (Å²) in [5.41, 5.74) is 8.23. The Bertz CT molecular complexity index is 400. The third-order valence-corrected chi connectivity index (χ3v) is 2.01. The van der Waals surface area contributed by atoms with Gasteiger partial charge >= 0.3 is 0 Å². The van der Waals surface area contributed by atoms with Gasteiger partial charge in [0.05, 0.1) is 0 Å². The number of hydrogen-bond donors (Lipinski definition) is 1. The zero-order chi connectivity index (χ0) is 17.8. The number of carbonyl (C=O) groups is 1. The normalized spacial score (nSPS) is 7.23. The van der Waals surface area contributed by atoms with E-state index < -0.39 is 0 Å². The number of aryl methyl sites for hydroxylation is 1. The maximum atomic E-state index is 10.0. The van der Waals surface area contributed by atoms with E-state index in [-0.39, 0.29) is 0 Å². The summed E-state index contributed by atoms with van der Waals surface area (Å²) in [6.45, 7) is 14.0. The van der Waals surface area contributed by atoms with Gasteiger partial charge in [-0.3, -0.25) is 4.79 Å². The van der Waals surface area contributed by atoms with Gasteiger partial charge in [-0.1, -0.05) is 89.6 Å². The summed E-state index contributed by atoms with van der Waals surface area (Å²) in [5.74, 6) is 0. The number of carbonyl (C=O) groups excluding carboxylic acids is 1. The smallest absolute Gasteiger partial charge is 0.150 e. The molecule has 0 aromatic heterocycles. The van der Waals surface area contributed by atoms with Gasteiger partial charge in [-0.05, 0) is 19.1 Å². The van der Waals surface area contributed by atoms with E-state index in [4.69, 9.17) is 5.73 Å². The Hall–Kier alpha value is -2.09. The Morgan fingerprint density at radius 2 is 1.14 bits per heavy atom. The standard InChI is InChI=1S/C7H9N.C7H6O.3C2H6/c1-6-2-4-7(8)5-3-6;8-6-7-4-2-1-3-5-7;3*1-2/h2-5H,8H2,1H3;1-6H;3*1-2H3. The zero-order valence-corrected chi connectivity index (χ0v) is 15.3. The van der Waals surface area contributed by atoms with Crippen molar-refractivity contribution >= 4 is 12.0 Å². The lowest BCUT2D eigenvalue weighted by atomic mass is 10.2. The lowest BCUT2D eigenvalue weighted by Crippen LogP contribution is -1.81. The van der Waals surface area contributed by atoms with E-state index in [1.165, 1.54) is 5.56 Å². The van der Waals surface area contributed by atoms with Gasteiger partial charge in [0.25, 0.3) is 0 Å². The molecule has 2 nitrogen and oxygen atoms in total. The van der Waals surface area contributed by atoms with Crippen LogP contribution in [-0.4, -0.2) is 6.29 Å². The number of rotatable bonds is 1. The van der Waals surface area contributed by atoms with E-state index >= 15 is 0 Å². The second-order valence-corrected chi connectivity index (χ2v) is 3.44. The van der Waals surface area contributed by atoms with E-state index in [1.54, 1.807) is 12.1 Å². The summed E-state index contributed by atoms with van der Waals surface area (Å²) in [7, 11) is 0. The van der Waals surface area contributed by atoms with E-state index in [0.29, 0.717) is 0 Å².